The zero-order valence-corrected chi connectivity index (χ0v) is 13.3. The molecule has 0 bridgehead atoms. The molecule has 1 unspecified atom stereocenters. The van der Waals surface area contributed by atoms with Gasteiger partial charge in [0.1, 0.15) is 11.5 Å². The van der Waals surface area contributed by atoms with Gasteiger partial charge in [0.2, 0.25) is 0 Å². The quantitative estimate of drug-likeness (QED) is 0.655. The van der Waals surface area contributed by atoms with Gasteiger partial charge in [0, 0.05) is 6.04 Å². The van der Waals surface area contributed by atoms with E-state index in [1.807, 2.05) is 6.07 Å². The Hall–Kier alpha value is -0.550. The van der Waals surface area contributed by atoms with E-state index in [4.69, 9.17) is 4.42 Å². The number of furan rings is 1. The van der Waals surface area contributed by atoms with Crippen LogP contribution in [-0.2, 0) is 12.3 Å². The summed E-state index contributed by atoms with van der Waals surface area (Å²) in [5, 5.41) is 3.40. The Labute approximate surface area is 124 Å². The fourth-order valence-electron chi connectivity index (χ4n) is 1.95. The molecule has 1 atom stereocenters. The van der Waals surface area contributed by atoms with Crippen molar-refractivity contribution in [3.63, 3.8) is 0 Å². The van der Waals surface area contributed by atoms with Gasteiger partial charge in [-0.3, -0.25) is 0 Å². The van der Waals surface area contributed by atoms with E-state index in [-0.39, 0.29) is 5.75 Å². The number of halogens is 2. The van der Waals surface area contributed by atoms with Crippen LogP contribution in [0.3, 0.4) is 0 Å². The van der Waals surface area contributed by atoms with Crippen LogP contribution in [0.1, 0.15) is 51.6 Å². The van der Waals surface area contributed by atoms with E-state index in [0.717, 1.165) is 18.1 Å². The SMILES string of the molecule is CC(C)CCCC(C)NCc1ccc(CSC(F)F)o1. The first kappa shape index (κ1) is 17.5. The number of hydrogen-bond acceptors (Lipinski definition) is 3. The first-order valence-electron chi connectivity index (χ1n) is 7.18. The van der Waals surface area contributed by atoms with Gasteiger partial charge in [-0.15, -0.1) is 0 Å². The molecule has 116 valence electrons. The van der Waals surface area contributed by atoms with Gasteiger partial charge in [0.25, 0.3) is 5.76 Å². The lowest BCUT2D eigenvalue weighted by Crippen LogP contribution is -2.25. The molecule has 0 radical (unpaired) electrons. The molecule has 1 N–H and O–H groups in total. The van der Waals surface area contributed by atoms with E-state index >= 15 is 0 Å². The van der Waals surface area contributed by atoms with Crippen LogP contribution in [0.2, 0.25) is 0 Å². The van der Waals surface area contributed by atoms with Crippen molar-refractivity contribution < 1.29 is 13.2 Å². The van der Waals surface area contributed by atoms with Gasteiger partial charge in [-0.1, -0.05) is 38.5 Å². The summed E-state index contributed by atoms with van der Waals surface area (Å²) in [5.41, 5.74) is 0. The molecule has 2 nitrogen and oxygen atoms in total. The topological polar surface area (TPSA) is 25.2 Å². The summed E-state index contributed by atoms with van der Waals surface area (Å²) in [6, 6.07) is 4.07. The average molecular weight is 305 g/mol. The van der Waals surface area contributed by atoms with Crippen LogP contribution in [0.5, 0.6) is 0 Å². The van der Waals surface area contributed by atoms with Crippen LogP contribution in [0.4, 0.5) is 8.78 Å². The van der Waals surface area contributed by atoms with E-state index in [2.05, 4.69) is 26.1 Å². The molecule has 0 spiro atoms. The van der Waals surface area contributed by atoms with Gasteiger partial charge in [-0.2, -0.15) is 8.78 Å². The van der Waals surface area contributed by atoms with Crippen molar-refractivity contribution in [1.82, 2.24) is 5.32 Å². The minimum absolute atomic E-state index is 0.224. The molecule has 0 aliphatic heterocycles. The number of rotatable bonds is 10. The molecule has 0 aliphatic carbocycles. The molecule has 0 amide bonds. The molecule has 1 rings (SSSR count). The van der Waals surface area contributed by atoms with Crippen molar-refractivity contribution in [2.45, 2.75) is 64.1 Å². The minimum atomic E-state index is -2.34. The summed E-state index contributed by atoms with van der Waals surface area (Å²) < 4.78 is 29.6. The molecule has 1 heterocycles. The number of alkyl halides is 2. The highest BCUT2D eigenvalue weighted by Crippen LogP contribution is 2.21. The van der Waals surface area contributed by atoms with Gasteiger partial charge in [-0.25, -0.2) is 0 Å². The standard InChI is InChI=1S/C15H25F2NOS/c1-11(2)5-4-6-12(3)18-9-13-7-8-14(19-13)10-20-15(16)17/h7-8,11-12,15,18H,4-6,9-10H2,1-3H3. The lowest BCUT2D eigenvalue weighted by atomic mass is 10.0. The fourth-order valence-corrected chi connectivity index (χ4v) is 2.39. The maximum Gasteiger partial charge on any atom is 0.284 e. The van der Waals surface area contributed by atoms with E-state index in [0.29, 0.717) is 30.1 Å². The molecule has 0 fully saturated rings. The van der Waals surface area contributed by atoms with Crippen molar-refractivity contribution in [2.75, 3.05) is 0 Å². The van der Waals surface area contributed by atoms with Crippen molar-refractivity contribution in [2.24, 2.45) is 5.92 Å². The first-order valence-corrected chi connectivity index (χ1v) is 8.23. The predicted molar refractivity (Wildman–Crippen MR) is 81.0 cm³/mol. The fraction of sp³-hybridized carbons (Fsp3) is 0.733. The molecule has 1 aromatic heterocycles. The number of thioether (sulfide) groups is 1. The van der Waals surface area contributed by atoms with Crippen LogP contribution in [0.25, 0.3) is 0 Å². The summed E-state index contributed by atoms with van der Waals surface area (Å²) in [7, 11) is 0. The van der Waals surface area contributed by atoms with Gasteiger partial charge in [-0.05, 0) is 31.4 Å². The van der Waals surface area contributed by atoms with Gasteiger partial charge in [0.15, 0.2) is 0 Å². The van der Waals surface area contributed by atoms with Gasteiger partial charge < -0.3 is 9.73 Å². The van der Waals surface area contributed by atoms with Crippen molar-refractivity contribution in [3.8, 4) is 0 Å². The number of nitrogens with one attached hydrogen (secondary N) is 1. The predicted octanol–water partition coefficient (Wildman–Crippen LogP) is 5.04. The second-order valence-electron chi connectivity index (χ2n) is 5.55. The van der Waals surface area contributed by atoms with Crippen LogP contribution >= 0.6 is 11.8 Å². The molecule has 0 aromatic carbocycles. The highest BCUT2D eigenvalue weighted by molar-refractivity contribution is 7.98. The van der Waals surface area contributed by atoms with Crippen LogP contribution < -0.4 is 5.32 Å². The Bertz CT molecular complexity index is 369. The zero-order chi connectivity index (χ0) is 15.0. The Morgan fingerprint density at radius 3 is 2.50 bits per heavy atom. The van der Waals surface area contributed by atoms with Crippen molar-refractivity contribution in [1.29, 1.82) is 0 Å². The third kappa shape index (κ3) is 7.90. The van der Waals surface area contributed by atoms with Crippen LogP contribution in [0, 0.1) is 5.92 Å². The normalized spacial score (nSPS) is 13.3. The van der Waals surface area contributed by atoms with Gasteiger partial charge in [0.05, 0.1) is 12.3 Å². The molecular formula is C15H25F2NOS. The molecule has 0 saturated heterocycles. The lowest BCUT2D eigenvalue weighted by molar-refractivity contribution is 0.251. The average Bonchev–Trinajstić information content (AvgIpc) is 2.81. The molecule has 0 aliphatic rings. The van der Waals surface area contributed by atoms with E-state index < -0.39 is 5.76 Å². The molecule has 0 saturated carbocycles. The van der Waals surface area contributed by atoms with Gasteiger partial charge >= 0.3 is 0 Å². The molecule has 5 heteroatoms. The summed E-state index contributed by atoms with van der Waals surface area (Å²) in [6.45, 7) is 7.29. The second kappa shape index (κ2) is 9.40. The third-order valence-electron chi connectivity index (χ3n) is 3.11. The van der Waals surface area contributed by atoms with E-state index in [1.54, 1.807) is 6.07 Å². The summed E-state index contributed by atoms with van der Waals surface area (Å²) in [4.78, 5) is 0. The smallest absolute Gasteiger partial charge is 0.284 e. The zero-order valence-electron chi connectivity index (χ0n) is 12.5. The highest BCUT2D eigenvalue weighted by atomic mass is 32.2. The van der Waals surface area contributed by atoms with Crippen molar-refractivity contribution >= 4 is 11.8 Å². The highest BCUT2D eigenvalue weighted by Gasteiger charge is 2.08. The Morgan fingerprint density at radius 1 is 1.15 bits per heavy atom. The van der Waals surface area contributed by atoms with E-state index in [9.17, 15) is 8.78 Å². The second-order valence-corrected chi connectivity index (χ2v) is 6.52. The Morgan fingerprint density at radius 2 is 1.85 bits per heavy atom. The first-order chi connectivity index (χ1) is 9.47. The lowest BCUT2D eigenvalue weighted by Gasteiger charge is -2.13. The minimum Gasteiger partial charge on any atom is -0.464 e. The maximum absolute atomic E-state index is 12.1. The Balaban J connectivity index is 2.21. The Kier molecular flexibility index (Phi) is 8.22. The summed E-state index contributed by atoms with van der Waals surface area (Å²) in [5.74, 6) is 0.0525. The molecule has 1 aromatic rings. The molecular weight excluding hydrogens is 280 g/mol. The third-order valence-corrected chi connectivity index (χ3v) is 3.82. The van der Waals surface area contributed by atoms with Crippen molar-refractivity contribution in [3.05, 3.63) is 23.7 Å². The van der Waals surface area contributed by atoms with Crippen LogP contribution in [-0.4, -0.2) is 11.8 Å². The number of hydrogen-bond donors (Lipinski definition) is 1. The molecule has 20 heavy (non-hydrogen) atoms. The largest absolute Gasteiger partial charge is 0.464 e. The summed E-state index contributed by atoms with van der Waals surface area (Å²) >= 11 is 0.588. The monoisotopic (exact) mass is 305 g/mol. The van der Waals surface area contributed by atoms with Crippen LogP contribution in [0.15, 0.2) is 16.5 Å². The van der Waals surface area contributed by atoms with E-state index in [1.165, 1.54) is 12.8 Å². The maximum atomic E-state index is 12.1. The summed E-state index contributed by atoms with van der Waals surface area (Å²) in [6.07, 6.45) is 3.62.